The number of fused-ring (bicyclic) bond motifs is 1. The van der Waals surface area contributed by atoms with Crippen molar-refractivity contribution in [2.24, 2.45) is 0 Å². The number of benzene rings is 1. The summed E-state index contributed by atoms with van der Waals surface area (Å²) in [5, 5.41) is 6.78. The molecule has 3 rings (SSSR count). The minimum atomic E-state index is 0.806. The van der Waals surface area contributed by atoms with E-state index in [1.165, 1.54) is 21.7 Å². The Bertz CT molecular complexity index is 580. The minimum absolute atomic E-state index is 0.806. The summed E-state index contributed by atoms with van der Waals surface area (Å²) in [5.41, 5.74) is 5.26. The SMILES string of the molecule is COCCCc1nc(-c2ccc3c(c2)CCNC3)cs1. The summed E-state index contributed by atoms with van der Waals surface area (Å²) in [5.74, 6) is 0. The van der Waals surface area contributed by atoms with Crippen LogP contribution in [0.15, 0.2) is 23.6 Å². The molecule has 0 amide bonds. The number of methoxy groups -OCH3 is 1. The highest BCUT2D eigenvalue weighted by molar-refractivity contribution is 7.09. The van der Waals surface area contributed by atoms with Crippen LogP contribution in [0.25, 0.3) is 11.3 Å². The molecule has 0 bridgehead atoms. The molecular formula is C16H20N2OS. The molecule has 0 fully saturated rings. The van der Waals surface area contributed by atoms with Gasteiger partial charge in [-0.05, 0) is 36.6 Å². The number of hydrogen-bond acceptors (Lipinski definition) is 4. The van der Waals surface area contributed by atoms with Crippen LogP contribution in [0.4, 0.5) is 0 Å². The summed E-state index contributed by atoms with van der Waals surface area (Å²) >= 11 is 1.75. The summed E-state index contributed by atoms with van der Waals surface area (Å²) in [6.07, 6.45) is 3.17. The zero-order valence-corrected chi connectivity index (χ0v) is 12.6. The Hall–Kier alpha value is -1.23. The van der Waals surface area contributed by atoms with Gasteiger partial charge in [-0.15, -0.1) is 11.3 Å². The molecule has 1 aliphatic heterocycles. The van der Waals surface area contributed by atoms with Crippen LogP contribution in [0.2, 0.25) is 0 Å². The third-order valence-corrected chi connectivity index (χ3v) is 4.59. The Balaban J connectivity index is 1.75. The number of thiazole rings is 1. The molecule has 20 heavy (non-hydrogen) atoms. The van der Waals surface area contributed by atoms with Crippen molar-refractivity contribution in [2.45, 2.75) is 25.8 Å². The van der Waals surface area contributed by atoms with Gasteiger partial charge in [0.1, 0.15) is 0 Å². The largest absolute Gasteiger partial charge is 0.385 e. The van der Waals surface area contributed by atoms with E-state index < -0.39 is 0 Å². The fourth-order valence-electron chi connectivity index (χ4n) is 2.56. The van der Waals surface area contributed by atoms with Crippen LogP contribution in [0.5, 0.6) is 0 Å². The quantitative estimate of drug-likeness (QED) is 0.859. The standard InChI is InChI=1S/C16H20N2OS/c1-19-8-2-3-16-18-15(11-20-16)13-4-5-14-10-17-7-6-12(14)9-13/h4-5,9,11,17H,2-3,6-8,10H2,1H3. The van der Waals surface area contributed by atoms with Crippen LogP contribution < -0.4 is 5.32 Å². The van der Waals surface area contributed by atoms with E-state index in [-0.39, 0.29) is 0 Å². The Morgan fingerprint density at radius 1 is 1.35 bits per heavy atom. The Morgan fingerprint density at radius 3 is 3.20 bits per heavy atom. The number of hydrogen-bond donors (Lipinski definition) is 1. The van der Waals surface area contributed by atoms with Crippen molar-refractivity contribution in [3.8, 4) is 11.3 Å². The topological polar surface area (TPSA) is 34.1 Å². The first-order valence-electron chi connectivity index (χ1n) is 7.13. The number of nitrogens with one attached hydrogen (secondary N) is 1. The molecule has 4 heteroatoms. The highest BCUT2D eigenvalue weighted by Gasteiger charge is 2.11. The van der Waals surface area contributed by atoms with Gasteiger partial charge >= 0.3 is 0 Å². The van der Waals surface area contributed by atoms with Gasteiger partial charge in [0.2, 0.25) is 0 Å². The van der Waals surface area contributed by atoms with Crippen molar-refractivity contribution < 1.29 is 4.74 Å². The Kier molecular flexibility index (Phi) is 4.45. The second-order valence-electron chi connectivity index (χ2n) is 5.13. The molecule has 0 unspecified atom stereocenters. The average Bonchev–Trinajstić information content (AvgIpc) is 2.96. The molecule has 0 radical (unpaired) electrons. The molecule has 106 valence electrons. The average molecular weight is 288 g/mol. The second-order valence-corrected chi connectivity index (χ2v) is 6.08. The van der Waals surface area contributed by atoms with Crippen molar-refractivity contribution in [1.82, 2.24) is 10.3 Å². The summed E-state index contributed by atoms with van der Waals surface area (Å²) in [7, 11) is 1.75. The lowest BCUT2D eigenvalue weighted by atomic mass is 9.98. The van der Waals surface area contributed by atoms with Crippen LogP contribution in [0.3, 0.4) is 0 Å². The van der Waals surface area contributed by atoms with Crippen LogP contribution in [-0.4, -0.2) is 25.2 Å². The van der Waals surface area contributed by atoms with Crippen molar-refractivity contribution >= 4 is 11.3 Å². The van der Waals surface area contributed by atoms with E-state index in [9.17, 15) is 0 Å². The second kappa shape index (κ2) is 6.48. The smallest absolute Gasteiger partial charge is 0.0933 e. The van der Waals surface area contributed by atoms with Gasteiger partial charge in [0.25, 0.3) is 0 Å². The van der Waals surface area contributed by atoms with Crippen molar-refractivity contribution in [1.29, 1.82) is 0 Å². The zero-order chi connectivity index (χ0) is 13.8. The maximum absolute atomic E-state index is 5.09. The molecule has 1 aromatic carbocycles. The maximum atomic E-state index is 5.09. The van der Waals surface area contributed by atoms with E-state index in [4.69, 9.17) is 9.72 Å². The fourth-order valence-corrected chi connectivity index (χ4v) is 3.41. The molecule has 0 saturated heterocycles. The predicted octanol–water partition coefficient (Wildman–Crippen LogP) is 3.03. The van der Waals surface area contributed by atoms with Crippen molar-refractivity contribution in [2.75, 3.05) is 20.3 Å². The van der Waals surface area contributed by atoms with Crippen LogP contribution >= 0.6 is 11.3 Å². The van der Waals surface area contributed by atoms with Crippen LogP contribution in [0.1, 0.15) is 22.6 Å². The van der Waals surface area contributed by atoms with Gasteiger partial charge < -0.3 is 10.1 Å². The lowest BCUT2D eigenvalue weighted by molar-refractivity contribution is 0.195. The summed E-state index contributed by atoms with van der Waals surface area (Å²) < 4.78 is 5.09. The Labute approximate surface area is 124 Å². The number of rotatable bonds is 5. The van der Waals surface area contributed by atoms with Gasteiger partial charge in [0, 0.05) is 37.6 Å². The number of aryl methyl sites for hydroxylation is 1. The first-order valence-corrected chi connectivity index (χ1v) is 8.01. The first kappa shape index (κ1) is 13.7. The molecule has 2 heterocycles. The van der Waals surface area contributed by atoms with E-state index in [2.05, 4.69) is 28.9 Å². The number of aromatic nitrogens is 1. The molecule has 0 saturated carbocycles. The van der Waals surface area contributed by atoms with Crippen molar-refractivity contribution in [3.05, 3.63) is 39.7 Å². The lowest BCUT2D eigenvalue weighted by Gasteiger charge is -2.17. The number of nitrogens with zero attached hydrogens (tertiary/aromatic N) is 1. The normalized spacial score (nSPS) is 14.2. The van der Waals surface area contributed by atoms with Gasteiger partial charge in [-0.3, -0.25) is 0 Å². The highest BCUT2D eigenvalue weighted by Crippen LogP contribution is 2.26. The predicted molar refractivity (Wildman–Crippen MR) is 83.2 cm³/mol. The molecule has 0 aliphatic carbocycles. The highest BCUT2D eigenvalue weighted by atomic mass is 32.1. The molecule has 3 nitrogen and oxygen atoms in total. The molecule has 0 spiro atoms. The zero-order valence-electron chi connectivity index (χ0n) is 11.8. The minimum Gasteiger partial charge on any atom is -0.385 e. The van der Waals surface area contributed by atoms with E-state index >= 15 is 0 Å². The molecule has 1 N–H and O–H groups in total. The van der Waals surface area contributed by atoms with E-state index in [0.29, 0.717) is 0 Å². The van der Waals surface area contributed by atoms with E-state index in [1.54, 1.807) is 18.4 Å². The fraction of sp³-hybridized carbons (Fsp3) is 0.438. The van der Waals surface area contributed by atoms with Crippen molar-refractivity contribution in [3.63, 3.8) is 0 Å². The lowest BCUT2D eigenvalue weighted by Crippen LogP contribution is -2.23. The maximum Gasteiger partial charge on any atom is 0.0933 e. The molecule has 1 aromatic heterocycles. The monoisotopic (exact) mass is 288 g/mol. The summed E-state index contributed by atoms with van der Waals surface area (Å²) in [6.45, 7) is 2.88. The van der Waals surface area contributed by atoms with E-state index in [0.717, 1.165) is 44.7 Å². The van der Waals surface area contributed by atoms with Gasteiger partial charge in [-0.2, -0.15) is 0 Å². The van der Waals surface area contributed by atoms with Gasteiger partial charge in [-0.25, -0.2) is 4.98 Å². The third kappa shape index (κ3) is 3.08. The van der Waals surface area contributed by atoms with Gasteiger partial charge in [0.05, 0.1) is 10.7 Å². The molecule has 1 aliphatic rings. The first-order chi connectivity index (χ1) is 9.86. The Morgan fingerprint density at radius 2 is 2.30 bits per heavy atom. The van der Waals surface area contributed by atoms with Gasteiger partial charge in [-0.1, -0.05) is 12.1 Å². The molecule has 0 atom stereocenters. The molecular weight excluding hydrogens is 268 g/mol. The summed E-state index contributed by atoms with van der Waals surface area (Å²) in [4.78, 5) is 4.75. The number of ether oxygens (including phenoxy) is 1. The van der Waals surface area contributed by atoms with Gasteiger partial charge in [0.15, 0.2) is 0 Å². The molecule has 2 aromatic rings. The van der Waals surface area contributed by atoms with Crippen LogP contribution in [-0.2, 0) is 24.1 Å². The van der Waals surface area contributed by atoms with Crippen LogP contribution in [0, 0.1) is 0 Å². The third-order valence-electron chi connectivity index (χ3n) is 3.68. The summed E-state index contributed by atoms with van der Waals surface area (Å²) in [6, 6.07) is 6.74. The van der Waals surface area contributed by atoms with E-state index in [1.807, 2.05) is 0 Å².